The van der Waals surface area contributed by atoms with Crippen molar-refractivity contribution < 1.29 is 19.1 Å². The van der Waals surface area contributed by atoms with E-state index in [4.69, 9.17) is 9.47 Å². The van der Waals surface area contributed by atoms with Crippen LogP contribution in [0.4, 0.5) is 11.4 Å². The molecule has 0 aliphatic carbocycles. The number of anilines is 2. The van der Waals surface area contributed by atoms with Crippen LogP contribution in [0, 0.1) is 5.92 Å². The summed E-state index contributed by atoms with van der Waals surface area (Å²) in [6.45, 7) is 0.529. The summed E-state index contributed by atoms with van der Waals surface area (Å²) in [6.07, 6.45) is 2.65. The third-order valence-corrected chi connectivity index (χ3v) is 5.40. The number of nitrogens with zero attached hydrogens (tertiary/aromatic N) is 2. The molecule has 3 aromatic rings. The number of benzene rings is 2. The first-order chi connectivity index (χ1) is 14.6. The van der Waals surface area contributed by atoms with Crippen molar-refractivity contribution in [1.82, 2.24) is 15.5 Å². The Labute approximate surface area is 174 Å². The number of aromatic nitrogens is 2. The van der Waals surface area contributed by atoms with Crippen LogP contribution in [0.5, 0.6) is 0 Å². The first-order valence-electron chi connectivity index (χ1n) is 9.87. The quantitative estimate of drug-likeness (QED) is 0.630. The molecule has 1 fully saturated rings. The van der Waals surface area contributed by atoms with E-state index in [1.807, 2.05) is 35.2 Å². The predicted molar refractivity (Wildman–Crippen MR) is 113 cm³/mol. The molecule has 1 aliphatic rings. The van der Waals surface area contributed by atoms with E-state index in [0.29, 0.717) is 24.3 Å². The summed E-state index contributed by atoms with van der Waals surface area (Å²) in [5, 5.41) is 10.8. The monoisotopic (exact) mass is 408 g/mol. The fraction of sp³-hybridized carbons (Fsp3) is 0.318. The lowest BCUT2D eigenvalue weighted by molar-refractivity contribution is -0.133. The van der Waals surface area contributed by atoms with Gasteiger partial charge in [0, 0.05) is 24.7 Å². The molecule has 1 aromatic heterocycles. The van der Waals surface area contributed by atoms with Crippen LogP contribution in [0.2, 0.25) is 0 Å². The molecule has 8 nitrogen and oxygen atoms in total. The highest BCUT2D eigenvalue weighted by atomic mass is 16.5. The first kappa shape index (κ1) is 19.9. The summed E-state index contributed by atoms with van der Waals surface area (Å²) >= 11 is 0. The molecular weight excluding hydrogens is 384 g/mol. The number of ether oxygens (including phenoxy) is 2. The molecule has 1 saturated heterocycles. The Morgan fingerprint density at radius 2 is 2.10 bits per heavy atom. The number of carbonyl (C=O) groups is 2. The maximum absolute atomic E-state index is 12.7. The lowest BCUT2D eigenvalue weighted by atomic mass is 9.95. The van der Waals surface area contributed by atoms with E-state index in [-0.39, 0.29) is 5.91 Å². The number of para-hydroxylation sites is 1. The largest absolute Gasteiger partial charge is 0.465 e. The van der Waals surface area contributed by atoms with Gasteiger partial charge in [0.25, 0.3) is 0 Å². The van der Waals surface area contributed by atoms with E-state index in [1.165, 1.54) is 7.11 Å². The number of methoxy groups -OCH3 is 1. The van der Waals surface area contributed by atoms with Crippen LogP contribution in [-0.4, -0.2) is 49.1 Å². The minimum atomic E-state index is -0.579. The smallest absolute Gasteiger partial charge is 0.339 e. The summed E-state index contributed by atoms with van der Waals surface area (Å²) in [4.78, 5) is 27.1. The summed E-state index contributed by atoms with van der Waals surface area (Å²) in [7, 11) is 2.97. The Balaban J connectivity index is 1.89. The standard InChI is InChI=1S/C22H24N4O4/c1-23-20(27)17-7-5-11-30-21(17)26(15-10-9-14-13-24-25-18(14)12-15)19-8-4-3-6-16(19)22(28)29-2/h3-4,6,8-10,12-13,17,21H,5,7,11H2,1-2H3,(H,23,27)(H,24,25). The van der Waals surface area contributed by atoms with Crippen molar-refractivity contribution in [1.29, 1.82) is 0 Å². The first-order valence-corrected chi connectivity index (χ1v) is 9.87. The predicted octanol–water partition coefficient (Wildman–Crippen LogP) is 2.99. The van der Waals surface area contributed by atoms with E-state index in [0.717, 1.165) is 23.0 Å². The number of hydrogen-bond acceptors (Lipinski definition) is 6. The van der Waals surface area contributed by atoms with Gasteiger partial charge in [0.2, 0.25) is 5.91 Å². The van der Waals surface area contributed by atoms with Gasteiger partial charge >= 0.3 is 5.97 Å². The van der Waals surface area contributed by atoms with Crippen molar-refractivity contribution in [2.24, 2.45) is 5.92 Å². The fourth-order valence-corrected chi connectivity index (χ4v) is 3.93. The summed E-state index contributed by atoms with van der Waals surface area (Å²) in [5.74, 6) is -0.944. The lowest BCUT2D eigenvalue weighted by Gasteiger charge is -2.40. The van der Waals surface area contributed by atoms with Crippen LogP contribution in [0.15, 0.2) is 48.7 Å². The number of esters is 1. The molecule has 2 aromatic carbocycles. The number of hydrogen-bond donors (Lipinski definition) is 2. The molecule has 0 bridgehead atoms. The highest BCUT2D eigenvalue weighted by Gasteiger charge is 2.38. The molecular formula is C22H24N4O4. The Hall–Kier alpha value is -3.39. The van der Waals surface area contributed by atoms with Crippen LogP contribution in [-0.2, 0) is 14.3 Å². The average Bonchev–Trinajstić information content (AvgIpc) is 3.27. The summed E-state index contributed by atoms with van der Waals surface area (Å²) in [5.41, 5.74) is 2.64. The van der Waals surface area contributed by atoms with E-state index in [1.54, 1.807) is 25.4 Å². The minimum Gasteiger partial charge on any atom is -0.465 e. The SMILES string of the molecule is CNC(=O)C1CCCOC1N(c1ccc2cn[nH]c2c1)c1ccccc1C(=O)OC. The van der Waals surface area contributed by atoms with Crippen LogP contribution in [0.25, 0.3) is 10.9 Å². The second kappa shape index (κ2) is 8.54. The van der Waals surface area contributed by atoms with Crippen molar-refractivity contribution >= 4 is 34.2 Å². The van der Waals surface area contributed by atoms with Gasteiger partial charge in [-0.1, -0.05) is 12.1 Å². The Kier molecular flexibility index (Phi) is 5.67. The highest BCUT2D eigenvalue weighted by Crippen LogP contribution is 2.37. The molecule has 0 spiro atoms. The van der Waals surface area contributed by atoms with Gasteiger partial charge in [-0.15, -0.1) is 0 Å². The molecule has 8 heteroatoms. The van der Waals surface area contributed by atoms with Crippen LogP contribution in [0.1, 0.15) is 23.2 Å². The van der Waals surface area contributed by atoms with Crippen molar-refractivity contribution in [3.05, 3.63) is 54.2 Å². The Bertz CT molecular complexity index is 1060. The van der Waals surface area contributed by atoms with Gasteiger partial charge < -0.3 is 19.7 Å². The average molecular weight is 408 g/mol. The van der Waals surface area contributed by atoms with Crippen molar-refractivity contribution in [3.8, 4) is 0 Å². The van der Waals surface area contributed by atoms with E-state index < -0.39 is 18.1 Å². The molecule has 156 valence electrons. The van der Waals surface area contributed by atoms with Crippen molar-refractivity contribution in [2.45, 2.75) is 19.1 Å². The van der Waals surface area contributed by atoms with Gasteiger partial charge in [-0.3, -0.25) is 9.89 Å². The number of nitrogens with one attached hydrogen (secondary N) is 2. The molecule has 0 saturated carbocycles. The van der Waals surface area contributed by atoms with Gasteiger partial charge in [-0.2, -0.15) is 5.10 Å². The van der Waals surface area contributed by atoms with Crippen LogP contribution < -0.4 is 10.2 Å². The topological polar surface area (TPSA) is 96.5 Å². The Morgan fingerprint density at radius 3 is 2.90 bits per heavy atom. The van der Waals surface area contributed by atoms with Crippen molar-refractivity contribution in [2.75, 3.05) is 25.7 Å². The molecule has 2 heterocycles. The molecule has 2 atom stereocenters. The third kappa shape index (κ3) is 3.61. The van der Waals surface area contributed by atoms with Crippen LogP contribution >= 0.6 is 0 Å². The number of fused-ring (bicyclic) bond motifs is 1. The normalized spacial score (nSPS) is 18.7. The number of H-pyrrole nitrogens is 1. The molecule has 2 unspecified atom stereocenters. The zero-order chi connectivity index (χ0) is 21.1. The number of carbonyl (C=O) groups excluding carboxylic acids is 2. The summed E-state index contributed by atoms with van der Waals surface area (Å²) < 4.78 is 11.1. The number of aromatic amines is 1. The van der Waals surface area contributed by atoms with Gasteiger partial charge in [-0.05, 0) is 43.2 Å². The molecule has 4 rings (SSSR count). The Morgan fingerprint density at radius 1 is 1.27 bits per heavy atom. The van der Waals surface area contributed by atoms with Crippen molar-refractivity contribution in [3.63, 3.8) is 0 Å². The second-order valence-corrected chi connectivity index (χ2v) is 7.14. The number of amides is 1. The molecule has 0 radical (unpaired) electrons. The minimum absolute atomic E-state index is 0.0946. The van der Waals surface area contributed by atoms with Gasteiger partial charge in [0.1, 0.15) is 6.23 Å². The second-order valence-electron chi connectivity index (χ2n) is 7.14. The zero-order valence-corrected chi connectivity index (χ0v) is 16.9. The van der Waals surface area contributed by atoms with Gasteiger partial charge in [-0.25, -0.2) is 4.79 Å². The number of rotatable bonds is 5. The van der Waals surface area contributed by atoms with E-state index >= 15 is 0 Å². The molecule has 30 heavy (non-hydrogen) atoms. The molecule has 1 aliphatic heterocycles. The maximum atomic E-state index is 12.7. The van der Waals surface area contributed by atoms with Gasteiger partial charge in [0.15, 0.2) is 0 Å². The highest BCUT2D eigenvalue weighted by molar-refractivity contribution is 5.97. The van der Waals surface area contributed by atoms with Crippen LogP contribution in [0.3, 0.4) is 0 Å². The fourth-order valence-electron chi connectivity index (χ4n) is 3.93. The molecule has 1 amide bonds. The molecule has 2 N–H and O–H groups in total. The summed E-state index contributed by atoms with van der Waals surface area (Å²) in [6, 6.07) is 13.0. The van der Waals surface area contributed by atoms with E-state index in [2.05, 4.69) is 15.5 Å². The lowest BCUT2D eigenvalue weighted by Crippen LogP contribution is -2.49. The zero-order valence-electron chi connectivity index (χ0n) is 16.9. The van der Waals surface area contributed by atoms with E-state index in [9.17, 15) is 9.59 Å². The van der Waals surface area contributed by atoms with Gasteiger partial charge in [0.05, 0.1) is 36.0 Å². The maximum Gasteiger partial charge on any atom is 0.339 e. The third-order valence-electron chi connectivity index (χ3n) is 5.40.